The molecule has 8 heteroatoms. The van der Waals surface area contributed by atoms with Gasteiger partial charge in [-0.25, -0.2) is 13.1 Å². The maximum atomic E-state index is 12.4. The average molecular weight is 368 g/mol. The van der Waals surface area contributed by atoms with Gasteiger partial charge in [-0.05, 0) is 19.1 Å². The van der Waals surface area contributed by atoms with E-state index < -0.39 is 10.0 Å². The molecule has 7 nitrogen and oxygen atoms in total. The van der Waals surface area contributed by atoms with Gasteiger partial charge in [0, 0.05) is 31.5 Å². The van der Waals surface area contributed by atoms with Crippen molar-refractivity contribution >= 4 is 15.9 Å². The van der Waals surface area contributed by atoms with Crippen LogP contribution in [-0.2, 0) is 19.6 Å². The Bertz CT molecular complexity index is 719. The van der Waals surface area contributed by atoms with Crippen LogP contribution in [-0.4, -0.2) is 64.4 Å². The molecule has 1 aromatic rings. The maximum absolute atomic E-state index is 12.4. The van der Waals surface area contributed by atoms with Crippen LogP contribution in [0.3, 0.4) is 0 Å². The van der Waals surface area contributed by atoms with Gasteiger partial charge in [0.1, 0.15) is 5.75 Å². The van der Waals surface area contributed by atoms with E-state index in [9.17, 15) is 13.2 Å². The highest BCUT2D eigenvalue weighted by Crippen LogP contribution is 2.33. The third-order valence-electron chi connectivity index (χ3n) is 4.78. The molecule has 0 bridgehead atoms. The topological polar surface area (TPSA) is 84.9 Å². The molecule has 3 rings (SSSR count). The molecule has 0 saturated carbocycles. The van der Waals surface area contributed by atoms with Crippen molar-refractivity contribution in [1.82, 2.24) is 9.62 Å². The molecule has 0 aliphatic carbocycles. The van der Waals surface area contributed by atoms with Crippen LogP contribution in [0.2, 0.25) is 0 Å². The van der Waals surface area contributed by atoms with Crippen molar-refractivity contribution in [3.05, 3.63) is 29.8 Å². The second kappa shape index (κ2) is 7.31. The summed E-state index contributed by atoms with van der Waals surface area (Å²) in [5, 5.41) is 0. The Hall–Kier alpha value is -1.64. The molecule has 0 aromatic heterocycles. The van der Waals surface area contributed by atoms with E-state index in [4.69, 9.17) is 9.47 Å². The normalized spacial score (nSPS) is 25.8. The Labute approximate surface area is 148 Å². The number of benzene rings is 1. The van der Waals surface area contributed by atoms with Gasteiger partial charge in [0.2, 0.25) is 10.0 Å². The summed E-state index contributed by atoms with van der Waals surface area (Å²) in [7, 11) is -3.22. The Balaban J connectivity index is 1.50. The van der Waals surface area contributed by atoms with Gasteiger partial charge in [-0.2, -0.15) is 0 Å². The maximum Gasteiger partial charge on any atom is 0.260 e. The van der Waals surface area contributed by atoms with Gasteiger partial charge in [0.05, 0.1) is 19.0 Å². The largest absolute Gasteiger partial charge is 0.484 e. The highest BCUT2D eigenvalue weighted by molar-refractivity contribution is 7.88. The van der Waals surface area contributed by atoms with Crippen molar-refractivity contribution in [2.45, 2.75) is 13.0 Å². The number of amides is 1. The zero-order chi connectivity index (χ0) is 18.0. The minimum atomic E-state index is -3.22. The first-order chi connectivity index (χ1) is 11.8. The van der Waals surface area contributed by atoms with Crippen LogP contribution in [0.15, 0.2) is 24.3 Å². The molecular weight excluding hydrogens is 344 g/mol. The molecule has 2 fully saturated rings. The van der Waals surface area contributed by atoms with Crippen LogP contribution < -0.4 is 9.46 Å². The molecule has 25 heavy (non-hydrogen) atoms. The number of carbonyl (C=O) groups excluding carboxylic acids is 1. The monoisotopic (exact) mass is 368 g/mol. The lowest BCUT2D eigenvalue weighted by molar-refractivity contribution is -0.133. The second-order valence-corrected chi connectivity index (χ2v) is 8.65. The number of aryl methyl sites for hydroxylation is 1. The van der Waals surface area contributed by atoms with E-state index in [1.807, 2.05) is 31.2 Å². The molecule has 0 unspecified atom stereocenters. The quantitative estimate of drug-likeness (QED) is 0.786. The third-order valence-corrected chi connectivity index (χ3v) is 5.47. The molecule has 2 heterocycles. The van der Waals surface area contributed by atoms with Gasteiger partial charge >= 0.3 is 0 Å². The Morgan fingerprint density at radius 1 is 1.32 bits per heavy atom. The lowest BCUT2D eigenvalue weighted by atomic mass is 9.93. The molecule has 1 N–H and O–H groups in total. The van der Waals surface area contributed by atoms with Gasteiger partial charge in [-0.1, -0.05) is 17.7 Å². The number of likely N-dealkylation sites (tertiary alicyclic amines) is 1. The molecule has 2 aliphatic rings. The number of sulfonamides is 1. The summed E-state index contributed by atoms with van der Waals surface area (Å²) in [5.74, 6) is 0.853. The lowest BCUT2D eigenvalue weighted by Gasteiger charge is -2.20. The standard InChI is InChI=1S/C17H24N2O5S/c1-12-3-5-14(6-4-12)23-11-17(20)19-8-15-13(7-18-25(2,21)22)10-24-16(15)9-19/h3-6,13,15-16,18H,7-11H2,1-2H3/t13-,15-,16-/m1/s1. The van der Waals surface area contributed by atoms with Crippen LogP contribution in [0, 0.1) is 18.8 Å². The highest BCUT2D eigenvalue weighted by Gasteiger charge is 2.45. The summed E-state index contributed by atoms with van der Waals surface area (Å²) in [6, 6.07) is 7.56. The van der Waals surface area contributed by atoms with Crippen molar-refractivity contribution in [3.63, 3.8) is 0 Å². The summed E-state index contributed by atoms with van der Waals surface area (Å²) < 4.78 is 36.4. The van der Waals surface area contributed by atoms with Crippen LogP contribution in [0.25, 0.3) is 0 Å². The number of nitrogens with zero attached hydrogens (tertiary/aromatic N) is 1. The lowest BCUT2D eigenvalue weighted by Crippen LogP contribution is -2.36. The predicted molar refractivity (Wildman–Crippen MR) is 92.8 cm³/mol. The van der Waals surface area contributed by atoms with Gasteiger partial charge in [-0.3, -0.25) is 4.79 Å². The Morgan fingerprint density at radius 2 is 2.04 bits per heavy atom. The van der Waals surface area contributed by atoms with Crippen LogP contribution in [0.4, 0.5) is 0 Å². The summed E-state index contributed by atoms with van der Waals surface area (Å²) >= 11 is 0. The summed E-state index contributed by atoms with van der Waals surface area (Å²) in [6.07, 6.45) is 1.13. The van der Waals surface area contributed by atoms with Crippen molar-refractivity contribution in [2.75, 3.05) is 39.1 Å². The molecule has 138 valence electrons. The zero-order valence-electron chi connectivity index (χ0n) is 14.5. The minimum absolute atomic E-state index is 0.00520. The third kappa shape index (κ3) is 4.71. The van der Waals surface area contributed by atoms with Crippen molar-refractivity contribution in [1.29, 1.82) is 0 Å². The first-order valence-electron chi connectivity index (χ1n) is 8.35. The van der Waals surface area contributed by atoms with E-state index in [-0.39, 0.29) is 30.5 Å². The van der Waals surface area contributed by atoms with Crippen molar-refractivity contribution in [2.24, 2.45) is 11.8 Å². The summed E-state index contributed by atoms with van der Waals surface area (Å²) in [4.78, 5) is 14.1. The predicted octanol–water partition coefficient (Wildman–Crippen LogP) is 0.396. The van der Waals surface area contributed by atoms with E-state index in [1.54, 1.807) is 4.90 Å². The number of hydrogen-bond donors (Lipinski definition) is 1. The van der Waals surface area contributed by atoms with E-state index in [0.717, 1.165) is 11.8 Å². The van der Waals surface area contributed by atoms with Gasteiger partial charge in [-0.15, -0.1) is 0 Å². The summed E-state index contributed by atoms with van der Waals surface area (Å²) in [6.45, 7) is 3.98. The van der Waals surface area contributed by atoms with Crippen molar-refractivity contribution < 1.29 is 22.7 Å². The second-order valence-electron chi connectivity index (χ2n) is 6.82. The fourth-order valence-electron chi connectivity index (χ4n) is 3.34. The number of hydrogen-bond acceptors (Lipinski definition) is 5. The highest BCUT2D eigenvalue weighted by atomic mass is 32.2. The van der Waals surface area contributed by atoms with Gasteiger partial charge in [0.15, 0.2) is 6.61 Å². The number of fused-ring (bicyclic) bond motifs is 1. The number of nitrogens with one attached hydrogen (secondary N) is 1. The van der Waals surface area contributed by atoms with E-state index in [0.29, 0.717) is 32.0 Å². The molecule has 2 aliphatic heterocycles. The SMILES string of the molecule is Cc1ccc(OCC(=O)N2C[C@@H]3[C@H](CNS(C)(=O)=O)CO[C@@H]3C2)cc1. The minimum Gasteiger partial charge on any atom is -0.484 e. The Morgan fingerprint density at radius 3 is 2.72 bits per heavy atom. The smallest absolute Gasteiger partial charge is 0.260 e. The average Bonchev–Trinajstić information content (AvgIpc) is 3.12. The molecule has 2 saturated heterocycles. The van der Waals surface area contributed by atoms with E-state index in [2.05, 4.69) is 4.72 Å². The van der Waals surface area contributed by atoms with E-state index in [1.165, 1.54) is 0 Å². The molecule has 1 aromatic carbocycles. The summed E-state index contributed by atoms with van der Waals surface area (Å²) in [5.41, 5.74) is 1.14. The molecule has 3 atom stereocenters. The van der Waals surface area contributed by atoms with Gasteiger partial charge in [0.25, 0.3) is 5.91 Å². The number of ether oxygens (including phenoxy) is 2. The van der Waals surface area contributed by atoms with Gasteiger partial charge < -0.3 is 14.4 Å². The fraction of sp³-hybridized carbons (Fsp3) is 0.588. The Kier molecular flexibility index (Phi) is 5.31. The number of rotatable bonds is 6. The fourth-order valence-corrected chi connectivity index (χ4v) is 3.86. The molecular formula is C17H24N2O5S. The van der Waals surface area contributed by atoms with Crippen LogP contribution in [0.5, 0.6) is 5.75 Å². The first kappa shape index (κ1) is 18.2. The number of carbonyl (C=O) groups is 1. The zero-order valence-corrected chi connectivity index (χ0v) is 15.3. The van der Waals surface area contributed by atoms with Crippen molar-refractivity contribution in [3.8, 4) is 5.75 Å². The molecule has 1 amide bonds. The van der Waals surface area contributed by atoms with Crippen LogP contribution >= 0.6 is 0 Å². The first-order valence-corrected chi connectivity index (χ1v) is 10.2. The molecule has 0 radical (unpaired) electrons. The van der Waals surface area contributed by atoms with E-state index >= 15 is 0 Å². The molecule has 0 spiro atoms. The van der Waals surface area contributed by atoms with Crippen LogP contribution in [0.1, 0.15) is 5.56 Å².